The van der Waals surface area contributed by atoms with Crippen LogP contribution in [0.1, 0.15) is 47.7 Å². The average Bonchev–Trinajstić information content (AvgIpc) is 3.47. The predicted octanol–water partition coefficient (Wildman–Crippen LogP) is 5.57. The van der Waals surface area contributed by atoms with Crippen LogP contribution < -0.4 is 10.2 Å². The van der Waals surface area contributed by atoms with Crippen molar-refractivity contribution in [2.24, 2.45) is 0 Å². The minimum atomic E-state index is -0.884. The van der Waals surface area contributed by atoms with Gasteiger partial charge in [0.05, 0.1) is 6.42 Å². The van der Waals surface area contributed by atoms with Crippen LogP contribution in [0.3, 0.4) is 0 Å². The normalized spacial score (nSPS) is 14.8. The summed E-state index contributed by atoms with van der Waals surface area (Å²) >= 11 is 1.51. The molecular weight excluding hydrogens is 423 g/mol. The van der Waals surface area contributed by atoms with Crippen LogP contribution in [0.15, 0.2) is 66.0 Å². The number of benzene rings is 2. The molecule has 0 aliphatic heterocycles. The molecule has 1 aliphatic rings. The highest BCUT2D eigenvalue weighted by Gasteiger charge is 2.34. The van der Waals surface area contributed by atoms with Gasteiger partial charge in [-0.05, 0) is 66.6 Å². The Balaban J connectivity index is 1.76. The molecule has 4 nitrogen and oxygen atoms in total. The van der Waals surface area contributed by atoms with Crippen LogP contribution in [0.4, 0.5) is 10.1 Å². The molecule has 0 radical (unpaired) electrons. The standard InChI is InChI=1S/C26H27FN2O2S/c1-18-6-4-9-22(16-18)29(24(30)17-23-10-5-15-32-23)25(19-11-13-20(27)14-12-19)26(31)28-21-7-2-3-8-21/h4-6,9-16,21,25H,2-3,7-8,17H2,1H3,(H,28,31). The van der Waals surface area contributed by atoms with Crippen LogP contribution >= 0.6 is 11.3 Å². The lowest BCUT2D eigenvalue weighted by atomic mass is 10.0. The van der Waals surface area contributed by atoms with Crippen molar-refractivity contribution in [3.63, 3.8) is 0 Å². The number of nitrogens with one attached hydrogen (secondary N) is 1. The number of anilines is 1. The van der Waals surface area contributed by atoms with Gasteiger partial charge in [0, 0.05) is 16.6 Å². The second kappa shape index (κ2) is 10.1. The summed E-state index contributed by atoms with van der Waals surface area (Å²) in [5, 5.41) is 5.08. The SMILES string of the molecule is Cc1cccc(N(C(=O)Cc2cccs2)C(C(=O)NC2CCCC2)c2ccc(F)cc2)c1. The number of rotatable bonds is 7. The molecule has 1 heterocycles. The fraction of sp³-hybridized carbons (Fsp3) is 0.308. The zero-order valence-corrected chi connectivity index (χ0v) is 18.9. The Labute approximate surface area is 192 Å². The maximum Gasteiger partial charge on any atom is 0.248 e. The molecule has 1 saturated carbocycles. The molecule has 1 aliphatic carbocycles. The highest BCUT2D eigenvalue weighted by molar-refractivity contribution is 7.10. The van der Waals surface area contributed by atoms with Gasteiger partial charge in [-0.25, -0.2) is 4.39 Å². The fourth-order valence-corrected chi connectivity index (χ4v) is 4.97. The van der Waals surface area contributed by atoms with E-state index in [9.17, 15) is 14.0 Å². The summed E-state index contributed by atoms with van der Waals surface area (Å²) in [7, 11) is 0. The van der Waals surface area contributed by atoms with E-state index < -0.39 is 6.04 Å². The minimum Gasteiger partial charge on any atom is -0.351 e. The summed E-state index contributed by atoms with van der Waals surface area (Å²) in [5.74, 6) is -0.783. The van der Waals surface area contributed by atoms with Crippen molar-refractivity contribution < 1.29 is 14.0 Å². The highest BCUT2D eigenvalue weighted by Crippen LogP contribution is 2.31. The molecule has 0 bridgehead atoms. The molecule has 1 fully saturated rings. The second-order valence-corrected chi connectivity index (χ2v) is 9.34. The predicted molar refractivity (Wildman–Crippen MR) is 126 cm³/mol. The Hall–Kier alpha value is -2.99. The number of carbonyl (C=O) groups excluding carboxylic acids is 2. The summed E-state index contributed by atoms with van der Waals surface area (Å²) in [6.07, 6.45) is 4.25. The summed E-state index contributed by atoms with van der Waals surface area (Å²) in [6.45, 7) is 1.96. The summed E-state index contributed by atoms with van der Waals surface area (Å²) in [4.78, 5) is 29.7. The van der Waals surface area contributed by atoms with Crippen molar-refractivity contribution >= 4 is 28.8 Å². The van der Waals surface area contributed by atoms with Crippen LogP contribution in [0.2, 0.25) is 0 Å². The lowest BCUT2D eigenvalue weighted by Gasteiger charge is -2.32. The van der Waals surface area contributed by atoms with Gasteiger partial charge in [-0.15, -0.1) is 11.3 Å². The summed E-state index contributed by atoms with van der Waals surface area (Å²) < 4.78 is 13.7. The third-order valence-corrected chi connectivity index (χ3v) is 6.72. The van der Waals surface area contributed by atoms with Crippen LogP contribution in [0.5, 0.6) is 0 Å². The third kappa shape index (κ3) is 5.25. The first kappa shape index (κ1) is 22.2. The zero-order valence-electron chi connectivity index (χ0n) is 18.1. The van der Waals surface area contributed by atoms with E-state index in [1.165, 1.54) is 23.5 Å². The first-order valence-corrected chi connectivity index (χ1v) is 11.9. The second-order valence-electron chi connectivity index (χ2n) is 8.30. The monoisotopic (exact) mass is 450 g/mol. The van der Waals surface area contributed by atoms with Crippen LogP contribution in [-0.2, 0) is 16.0 Å². The quantitative estimate of drug-likeness (QED) is 0.511. The average molecular weight is 451 g/mol. The molecule has 1 unspecified atom stereocenters. The number of thiophene rings is 1. The smallest absolute Gasteiger partial charge is 0.248 e. The van der Waals surface area contributed by atoms with Crippen LogP contribution in [0, 0.1) is 12.7 Å². The van der Waals surface area contributed by atoms with Crippen LogP contribution in [-0.4, -0.2) is 17.9 Å². The van der Waals surface area contributed by atoms with Crippen molar-refractivity contribution in [3.05, 3.63) is 87.9 Å². The molecule has 3 aromatic rings. The number of carbonyl (C=O) groups is 2. The Bertz CT molecular complexity index is 1060. The van der Waals surface area contributed by atoms with Crippen molar-refractivity contribution in [1.29, 1.82) is 0 Å². The number of hydrogen-bond donors (Lipinski definition) is 1. The molecule has 0 spiro atoms. The van der Waals surface area contributed by atoms with Gasteiger partial charge in [-0.2, -0.15) is 0 Å². The van der Waals surface area contributed by atoms with E-state index in [-0.39, 0.29) is 30.1 Å². The van der Waals surface area contributed by atoms with E-state index in [1.54, 1.807) is 17.0 Å². The zero-order chi connectivity index (χ0) is 22.5. The maximum atomic E-state index is 13.7. The van der Waals surface area contributed by atoms with Gasteiger partial charge in [0.2, 0.25) is 11.8 Å². The van der Waals surface area contributed by atoms with E-state index in [4.69, 9.17) is 0 Å². The van der Waals surface area contributed by atoms with E-state index in [2.05, 4.69) is 5.32 Å². The lowest BCUT2D eigenvalue weighted by Crippen LogP contribution is -2.46. The molecular formula is C26H27FN2O2S. The molecule has 32 heavy (non-hydrogen) atoms. The Morgan fingerprint density at radius 2 is 1.84 bits per heavy atom. The number of nitrogens with zero attached hydrogens (tertiary/aromatic N) is 1. The van der Waals surface area contributed by atoms with Gasteiger partial charge in [0.1, 0.15) is 11.9 Å². The molecule has 166 valence electrons. The number of halogens is 1. The Morgan fingerprint density at radius 1 is 1.09 bits per heavy atom. The van der Waals surface area contributed by atoms with Crippen molar-refractivity contribution in [2.75, 3.05) is 4.90 Å². The van der Waals surface area contributed by atoms with Crippen molar-refractivity contribution in [3.8, 4) is 0 Å². The Morgan fingerprint density at radius 3 is 2.50 bits per heavy atom. The molecule has 1 N–H and O–H groups in total. The lowest BCUT2D eigenvalue weighted by molar-refractivity contribution is -0.127. The summed E-state index contributed by atoms with van der Waals surface area (Å²) in [6, 6.07) is 16.5. The maximum absolute atomic E-state index is 13.7. The van der Waals surface area contributed by atoms with Gasteiger partial charge in [-0.3, -0.25) is 14.5 Å². The molecule has 2 aromatic carbocycles. The number of aryl methyl sites for hydroxylation is 1. The Kier molecular flexibility index (Phi) is 7.00. The molecule has 1 aromatic heterocycles. The molecule has 0 saturated heterocycles. The van der Waals surface area contributed by atoms with E-state index in [0.717, 1.165) is 36.1 Å². The van der Waals surface area contributed by atoms with E-state index in [0.29, 0.717) is 11.3 Å². The van der Waals surface area contributed by atoms with Gasteiger partial charge < -0.3 is 5.32 Å². The van der Waals surface area contributed by atoms with Gasteiger partial charge >= 0.3 is 0 Å². The highest BCUT2D eigenvalue weighted by atomic mass is 32.1. The molecule has 2 amide bonds. The van der Waals surface area contributed by atoms with E-state index >= 15 is 0 Å². The first-order chi connectivity index (χ1) is 15.5. The van der Waals surface area contributed by atoms with Crippen LogP contribution in [0.25, 0.3) is 0 Å². The minimum absolute atomic E-state index is 0.109. The third-order valence-electron chi connectivity index (χ3n) is 5.85. The fourth-order valence-electron chi connectivity index (χ4n) is 4.28. The van der Waals surface area contributed by atoms with Gasteiger partial charge in [-0.1, -0.05) is 43.2 Å². The van der Waals surface area contributed by atoms with Crippen molar-refractivity contribution in [1.82, 2.24) is 5.32 Å². The molecule has 4 rings (SSSR count). The first-order valence-electron chi connectivity index (χ1n) is 11.0. The molecule has 6 heteroatoms. The number of amides is 2. The summed E-state index contributed by atoms with van der Waals surface area (Å²) in [5.41, 5.74) is 2.23. The van der Waals surface area contributed by atoms with Gasteiger partial charge in [0.25, 0.3) is 0 Å². The number of hydrogen-bond acceptors (Lipinski definition) is 3. The van der Waals surface area contributed by atoms with Crippen molar-refractivity contribution in [2.45, 2.75) is 51.1 Å². The van der Waals surface area contributed by atoms with E-state index in [1.807, 2.05) is 48.7 Å². The van der Waals surface area contributed by atoms with Gasteiger partial charge in [0.15, 0.2) is 0 Å². The molecule has 1 atom stereocenters. The topological polar surface area (TPSA) is 49.4 Å². The largest absolute Gasteiger partial charge is 0.351 e.